The van der Waals surface area contributed by atoms with Crippen molar-refractivity contribution in [2.45, 2.75) is 11.3 Å². The number of aliphatic hydroxyl groups excluding tert-OH is 1. The molecule has 8 aromatic rings. The summed E-state index contributed by atoms with van der Waals surface area (Å²) in [6, 6.07) is 35.2. The van der Waals surface area contributed by atoms with Gasteiger partial charge in [-0.15, -0.1) is 0 Å². The maximum absolute atomic E-state index is 15.0. The maximum Gasteiger partial charge on any atom is 0.269 e. The molecule has 0 bridgehead atoms. The van der Waals surface area contributed by atoms with Crippen molar-refractivity contribution >= 4 is 78.3 Å². The second-order valence-corrected chi connectivity index (χ2v) is 17.1. The van der Waals surface area contributed by atoms with Gasteiger partial charge in [0, 0.05) is 104 Å². The molecule has 0 saturated carbocycles. The third-order valence-corrected chi connectivity index (χ3v) is 13.8. The van der Waals surface area contributed by atoms with Crippen molar-refractivity contribution in [3.63, 3.8) is 0 Å². The quantitative estimate of drug-likeness (QED) is 0.0930. The van der Waals surface area contributed by atoms with Crippen LogP contribution in [-0.4, -0.2) is 30.6 Å². The highest BCUT2D eigenvalue weighted by molar-refractivity contribution is 6.52. The van der Waals surface area contributed by atoms with E-state index in [4.69, 9.17) is 4.99 Å². The van der Waals surface area contributed by atoms with Crippen LogP contribution in [0.5, 0.6) is 0 Å². The van der Waals surface area contributed by atoms with Gasteiger partial charge in [-0.2, -0.15) is 0 Å². The van der Waals surface area contributed by atoms with E-state index in [1.807, 2.05) is 18.2 Å². The lowest BCUT2D eigenvalue weighted by Gasteiger charge is -2.41. The second kappa shape index (κ2) is 12.9. The summed E-state index contributed by atoms with van der Waals surface area (Å²) in [5.74, 6) is -0.928. The SMILES string of the molecule is O=C1C(c2ccc3cccc4c3c2NC2(N4)c3cc([N+](=O)[O-])ccc3-c3ccc([N+](=O)[O-])cc32)=C(O)/C1=c1/ccc2cccc3c2c1=NC1(N3)c2cc([N+](=O)[O-])ccc2-c2ccc([N+](=O)[O-])cc21. The smallest absolute Gasteiger partial charge is 0.269 e. The van der Waals surface area contributed by atoms with Crippen LogP contribution in [-0.2, 0) is 16.1 Å². The number of nitrogens with zero attached hydrogens (tertiary/aromatic N) is 5. The molecular formula is C50H26N8O10. The Morgan fingerprint density at radius 1 is 0.485 bits per heavy atom. The van der Waals surface area contributed by atoms with Crippen molar-refractivity contribution in [1.29, 1.82) is 0 Å². The van der Waals surface area contributed by atoms with Crippen LogP contribution in [0.4, 0.5) is 39.8 Å². The van der Waals surface area contributed by atoms with E-state index in [1.54, 1.807) is 66.7 Å². The molecule has 0 saturated heterocycles. The van der Waals surface area contributed by atoms with E-state index in [9.17, 15) is 45.6 Å². The number of allylic oxidation sites excluding steroid dienone is 2. The predicted octanol–water partition coefficient (Wildman–Crippen LogP) is 8.97. The fourth-order valence-electron chi connectivity index (χ4n) is 10.9. The number of hydrogen-bond acceptors (Lipinski definition) is 14. The van der Waals surface area contributed by atoms with Gasteiger partial charge in [-0.1, -0.05) is 48.5 Å². The number of fused-ring (bicyclic) bond motifs is 10. The standard InChI is InChI=1S/C50H26N8O10/c59-47-43(33-13-7-23-3-1-5-39-41(23)45(33)53-49(51-39)35-19-25(55(61)62)9-15-29(35)30-16-10-26(56(63)64)20-36(30)49)48(60)44(47)34-14-8-24-4-2-6-40-42(24)46(34)54-50(52-40)37-21-27(57(65)66)11-17-31(37)32-18-12-28(58(67)68)22-38(32)50/h1-22,51-53,59H/b44-34+. The van der Waals surface area contributed by atoms with Crippen LogP contribution in [0.15, 0.2) is 144 Å². The molecule has 0 unspecified atom stereocenters. The minimum absolute atomic E-state index is 0.0557. The Labute approximate surface area is 379 Å². The van der Waals surface area contributed by atoms with Gasteiger partial charge in [0.05, 0.1) is 41.9 Å². The zero-order valence-electron chi connectivity index (χ0n) is 34.6. The Hall–Kier alpha value is -9.84. The van der Waals surface area contributed by atoms with Crippen LogP contribution in [0.3, 0.4) is 0 Å². The van der Waals surface area contributed by atoms with Gasteiger partial charge in [0.2, 0.25) is 5.78 Å². The second-order valence-electron chi connectivity index (χ2n) is 17.1. The number of ketones is 1. The molecule has 0 amide bonds. The highest BCUT2D eigenvalue weighted by Crippen LogP contribution is 2.57. The van der Waals surface area contributed by atoms with E-state index in [-0.39, 0.29) is 55.8 Å². The number of hydrogen-bond donors (Lipinski definition) is 4. The largest absolute Gasteiger partial charge is 0.506 e. The molecule has 2 aliphatic heterocycles. The summed E-state index contributed by atoms with van der Waals surface area (Å²) in [6.07, 6.45) is 0. The van der Waals surface area contributed by atoms with E-state index in [0.717, 1.165) is 5.39 Å². The van der Waals surface area contributed by atoms with E-state index in [2.05, 4.69) is 16.0 Å². The number of carbonyl (C=O) groups excluding carboxylic acids is 1. The Bertz CT molecular complexity index is 3910. The Morgan fingerprint density at radius 3 is 1.46 bits per heavy atom. The summed E-state index contributed by atoms with van der Waals surface area (Å²) in [4.78, 5) is 66.9. The van der Waals surface area contributed by atoms with Crippen LogP contribution in [0, 0.1) is 40.5 Å². The van der Waals surface area contributed by atoms with E-state index in [0.29, 0.717) is 77.7 Å². The fraction of sp³-hybridized carbons (Fsp3) is 0.0400. The fourth-order valence-corrected chi connectivity index (χ4v) is 10.9. The predicted molar refractivity (Wildman–Crippen MR) is 249 cm³/mol. The Morgan fingerprint density at radius 2 is 0.941 bits per heavy atom. The molecule has 2 heterocycles. The van der Waals surface area contributed by atoms with Crippen molar-refractivity contribution in [3.05, 3.63) is 218 Å². The highest BCUT2D eigenvalue weighted by atomic mass is 16.6. The van der Waals surface area contributed by atoms with Crippen molar-refractivity contribution < 1.29 is 29.6 Å². The molecule has 4 N–H and O–H groups in total. The molecule has 0 aromatic heterocycles. The van der Waals surface area contributed by atoms with Gasteiger partial charge in [0.1, 0.15) is 5.76 Å². The topological polar surface area (TPSA) is 258 Å². The Kier molecular flexibility index (Phi) is 7.33. The number of nitro groups is 4. The lowest BCUT2D eigenvalue weighted by molar-refractivity contribution is -0.385. The van der Waals surface area contributed by atoms with Crippen LogP contribution < -0.4 is 26.5 Å². The van der Waals surface area contributed by atoms with Crippen LogP contribution >= 0.6 is 0 Å². The first-order valence-electron chi connectivity index (χ1n) is 21.0. The van der Waals surface area contributed by atoms with Crippen LogP contribution in [0.25, 0.3) is 54.9 Å². The first-order valence-corrected chi connectivity index (χ1v) is 21.0. The third-order valence-electron chi connectivity index (χ3n) is 13.8. The van der Waals surface area contributed by atoms with Crippen molar-refractivity contribution in [1.82, 2.24) is 0 Å². The van der Waals surface area contributed by atoms with Crippen molar-refractivity contribution in [2.24, 2.45) is 4.99 Å². The molecule has 0 atom stereocenters. The normalized spacial score (nSPS) is 16.4. The summed E-state index contributed by atoms with van der Waals surface area (Å²) in [5.41, 5.74) is 1.33. The van der Waals surface area contributed by atoms with Crippen LogP contribution in [0.1, 0.15) is 27.8 Å². The van der Waals surface area contributed by atoms with E-state index >= 15 is 4.79 Å². The molecule has 3 aliphatic carbocycles. The summed E-state index contributed by atoms with van der Waals surface area (Å²) >= 11 is 0. The molecule has 68 heavy (non-hydrogen) atoms. The van der Waals surface area contributed by atoms with Gasteiger partial charge in [0.15, 0.2) is 11.3 Å². The summed E-state index contributed by atoms with van der Waals surface area (Å²) < 4.78 is 0. The molecule has 5 aliphatic rings. The maximum atomic E-state index is 15.0. The number of nitrogens with one attached hydrogen (secondary N) is 3. The molecule has 0 radical (unpaired) electrons. The highest BCUT2D eigenvalue weighted by Gasteiger charge is 2.50. The number of anilines is 3. The molecule has 326 valence electrons. The number of non-ortho nitro benzene ring substituents is 4. The monoisotopic (exact) mass is 898 g/mol. The van der Waals surface area contributed by atoms with Crippen molar-refractivity contribution in [3.8, 4) is 22.3 Å². The van der Waals surface area contributed by atoms with Gasteiger partial charge >= 0.3 is 0 Å². The molecule has 18 heteroatoms. The average molecular weight is 899 g/mol. The van der Waals surface area contributed by atoms with E-state index in [1.165, 1.54) is 48.5 Å². The third kappa shape index (κ3) is 4.83. The van der Waals surface area contributed by atoms with Gasteiger partial charge in [-0.05, 0) is 69.4 Å². The zero-order chi connectivity index (χ0) is 46.7. The molecule has 13 rings (SSSR count). The number of carbonyl (C=O) groups is 1. The zero-order valence-corrected chi connectivity index (χ0v) is 34.6. The van der Waals surface area contributed by atoms with Gasteiger partial charge in [-0.3, -0.25) is 45.3 Å². The minimum Gasteiger partial charge on any atom is -0.506 e. The number of rotatable bonds is 5. The molecule has 0 fully saturated rings. The van der Waals surface area contributed by atoms with E-state index < -0.39 is 36.8 Å². The first-order chi connectivity index (χ1) is 32.8. The minimum atomic E-state index is -1.65. The van der Waals surface area contributed by atoms with Gasteiger partial charge < -0.3 is 21.1 Å². The Balaban J connectivity index is 1.06. The molecule has 8 aromatic carbocycles. The van der Waals surface area contributed by atoms with Crippen molar-refractivity contribution in [2.75, 3.05) is 16.0 Å². The number of benzene rings is 8. The molecule has 2 spiro atoms. The molecule has 18 nitrogen and oxygen atoms in total. The summed E-state index contributed by atoms with van der Waals surface area (Å²) in [6.45, 7) is 0. The van der Waals surface area contributed by atoms with Gasteiger partial charge in [-0.25, -0.2) is 4.99 Å². The lowest BCUT2D eigenvalue weighted by atomic mass is 9.79. The number of nitro benzene ring substituents is 4. The molecular weight excluding hydrogens is 873 g/mol. The average Bonchev–Trinajstić information content (AvgIpc) is 3.74. The van der Waals surface area contributed by atoms with Gasteiger partial charge in [0.25, 0.3) is 22.7 Å². The number of Topliss-reactive ketones (excluding diaryl/α,β-unsaturated/α-hetero) is 1. The number of aliphatic hydroxyl groups is 1. The first kappa shape index (κ1) is 38.6. The summed E-state index contributed by atoms with van der Waals surface area (Å²) in [5, 5.41) is 74.8. The summed E-state index contributed by atoms with van der Waals surface area (Å²) in [7, 11) is 0. The van der Waals surface area contributed by atoms with Crippen LogP contribution in [0.2, 0.25) is 0 Å². The lowest BCUT2D eigenvalue weighted by Crippen LogP contribution is -2.45.